The number of hydrogen-bond donors (Lipinski definition) is 2. The largest absolute Gasteiger partial charge is 0.351 e. The van der Waals surface area contributed by atoms with Crippen LogP contribution in [-0.4, -0.2) is 33.3 Å². The molecule has 2 heterocycles. The van der Waals surface area contributed by atoms with E-state index in [0.29, 0.717) is 24.9 Å². The molecule has 2 aliphatic rings. The van der Waals surface area contributed by atoms with Crippen molar-refractivity contribution < 1.29 is 9.59 Å². The number of rotatable bonds is 6. The Labute approximate surface area is 187 Å². The quantitative estimate of drug-likeness (QED) is 0.704. The number of aromatic amines is 1. The van der Waals surface area contributed by atoms with Crippen LogP contribution in [0.25, 0.3) is 0 Å². The van der Waals surface area contributed by atoms with Gasteiger partial charge in [0.15, 0.2) is 0 Å². The number of nitrogens with zero attached hydrogens (tertiary/aromatic N) is 1. The summed E-state index contributed by atoms with van der Waals surface area (Å²) >= 11 is 1.59. The first-order chi connectivity index (χ1) is 15.1. The number of pyridine rings is 1. The Bertz CT molecular complexity index is 921. The SMILES string of the molecule is O=C(c1ccc(=O)[nH]c1)N(Cc1cccs1)C1(C(=O)NC2CCCCC2)CCCCC1. The van der Waals surface area contributed by atoms with Gasteiger partial charge in [-0.1, -0.05) is 44.6 Å². The number of thiophene rings is 1. The Morgan fingerprint density at radius 1 is 1.06 bits per heavy atom. The van der Waals surface area contributed by atoms with Crippen molar-refractivity contribution in [2.24, 2.45) is 0 Å². The van der Waals surface area contributed by atoms with E-state index in [-0.39, 0.29) is 23.4 Å². The van der Waals surface area contributed by atoms with Gasteiger partial charge in [-0.3, -0.25) is 14.4 Å². The van der Waals surface area contributed by atoms with E-state index >= 15 is 0 Å². The van der Waals surface area contributed by atoms with Gasteiger partial charge in [-0.25, -0.2) is 0 Å². The molecule has 0 spiro atoms. The molecule has 6 nitrogen and oxygen atoms in total. The molecule has 2 saturated carbocycles. The second-order valence-electron chi connectivity index (χ2n) is 8.81. The average Bonchev–Trinajstić information content (AvgIpc) is 3.32. The molecule has 4 rings (SSSR count). The summed E-state index contributed by atoms with van der Waals surface area (Å²) in [5, 5.41) is 5.31. The molecule has 0 radical (unpaired) electrons. The first-order valence-electron chi connectivity index (χ1n) is 11.4. The summed E-state index contributed by atoms with van der Waals surface area (Å²) in [6.45, 7) is 0.397. The second kappa shape index (κ2) is 9.81. The molecule has 2 aliphatic carbocycles. The summed E-state index contributed by atoms with van der Waals surface area (Å²) in [5.74, 6) is -0.209. The van der Waals surface area contributed by atoms with E-state index in [1.54, 1.807) is 22.3 Å². The van der Waals surface area contributed by atoms with Crippen LogP contribution in [0.3, 0.4) is 0 Å². The number of H-pyrrole nitrogens is 1. The lowest BCUT2D eigenvalue weighted by Crippen LogP contribution is -2.62. The van der Waals surface area contributed by atoms with Gasteiger partial charge in [-0.05, 0) is 43.2 Å². The second-order valence-corrected chi connectivity index (χ2v) is 9.85. The van der Waals surface area contributed by atoms with E-state index in [4.69, 9.17) is 0 Å². The Kier molecular flexibility index (Phi) is 6.90. The molecule has 166 valence electrons. The summed E-state index contributed by atoms with van der Waals surface area (Å²) in [7, 11) is 0. The molecule has 2 aromatic rings. The van der Waals surface area contributed by atoms with Gasteiger partial charge in [0.2, 0.25) is 11.5 Å². The van der Waals surface area contributed by atoms with Crippen LogP contribution in [0.1, 0.15) is 79.4 Å². The van der Waals surface area contributed by atoms with Gasteiger partial charge < -0.3 is 15.2 Å². The Balaban J connectivity index is 1.68. The third-order valence-electron chi connectivity index (χ3n) is 6.73. The highest BCUT2D eigenvalue weighted by atomic mass is 32.1. The van der Waals surface area contributed by atoms with Crippen LogP contribution in [0.15, 0.2) is 40.6 Å². The first-order valence-corrected chi connectivity index (χ1v) is 12.3. The lowest BCUT2D eigenvalue weighted by molar-refractivity contribution is -0.135. The van der Waals surface area contributed by atoms with E-state index in [1.807, 2.05) is 17.5 Å². The smallest absolute Gasteiger partial charge is 0.256 e. The van der Waals surface area contributed by atoms with Gasteiger partial charge in [-0.15, -0.1) is 11.3 Å². The molecule has 2 amide bonds. The standard InChI is InChI=1S/C24H31N3O3S/c28-21-12-11-18(16-25-21)22(29)27(17-20-10-7-15-31-20)24(13-5-2-6-14-24)23(30)26-19-8-3-1-4-9-19/h7,10-12,15-16,19H,1-6,8-9,13-14,17H2,(H,25,28)(H,26,30). The van der Waals surface area contributed by atoms with Crippen molar-refractivity contribution in [3.05, 3.63) is 56.6 Å². The highest BCUT2D eigenvalue weighted by molar-refractivity contribution is 7.09. The molecule has 2 aromatic heterocycles. The van der Waals surface area contributed by atoms with E-state index in [9.17, 15) is 14.4 Å². The van der Waals surface area contributed by atoms with Crippen LogP contribution in [0.4, 0.5) is 0 Å². The van der Waals surface area contributed by atoms with Gasteiger partial charge in [0.05, 0.1) is 12.1 Å². The predicted octanol–water partition coefficient (Wildman–Crippen LogP) is 4.23. The summed E-state index contributed by atoms with van der Waals surface area (Å²) in [6.07, 6.45) is 11.3. The van der Waals surface area contributed by atoms with E-state index in [2.05, 4.69) is 10.3 Å². The third-order valence-corrected chi connectivity index (χ3v) is 7.59. The molecule has 31 heavy (non-hydrogen) atoms. The molecule has 0 atom stereocenters. The third kappa shape index (κ3) is 4.92. The summed E-state index contributed by atoms with van der Waals surface area (Å²) in [4.78, 5) is 44.5. The van der Waals surface area contributed by atoms with Crippen LogP contribution >= 0.6 is 11.3 Å². The fourth-order valence-corrected chi connectivity index (χ4v) is 5.69. The molecule has 0 aromatic carbocycles. The van der Waals surface area contributed by atoms with Gasteiger partial charge in [0.1, 0.15) is 5.54 Å². The molecule has 2 fully saturated rings. The minimum Gasteiger partial charge on any atom is -0.351 e. The zero-order valence-corrected chi connectivity index (χ0v) is 18.7. The van der Waals surface area contributed by atoms with Crippen molar-refractivity contribution >= 4 is 23.2 Å². The average molecular weight is 442 g/mol. The van der Waals surface area contributed by atoms with Crippen molar-refractivity contribution in [3.8, 4) is 0 Å². The molecule has 0 saturated heterocycles. The predicted molar refractivity (Wildman–Crippen MR) is 122 cm³/mol. The highest BCUT2D eigenvalue weighted by Crippen LogP contribution is 2.37. The number of hydrogen-bond acceptors (Lipinski definition) is 4. The number of carbonyl (C=O) groups is 2. The summed E-state index contributed by atoms with van der Waals surface area (Å²) in [6, 6.07) is 7.10. The van der Waals surface area contributed by atoms with Gasteiger partial charge in [0.25, 0.3) is 5.91 Å². The Morgan fingerprint density at radius 3 is 2.45 bits per heavy atom. The molecular formula is C24H31N3O3S. The molecule has 7 heteroatoms. The van der Waals surface area contributed by atoms with E-state index in [1.165, 1.54) is 18.7 Å². The maximum Gasteiger partial charge on any atom is 0.256 e. The lowest BCUT2D eigenvalue weighted by atomic mass is 9.78. The van der Waals surface area contributed by atoms with Crippen molar-refractivity contribution in [2.45, 2.75) is 82.3 Å². The Hall–Kier alpha value is -2.41. The number of nitrogens with one attached hydrogen (secondary N) is 2. The monoisotopic (exact) mass is 441 g/mol. The molecule has 0 unspecified atom stereocenters. The maximum absolute atomic E-state index is 13.8. The van der Waals surface area contributed by atoms with Crippen LogP contribution in [0, 0.1) is 0 Å². The minimum atomic E-state index is -0.854. The molecule has 0 bridgehead atoms. The van der Waals surface area contributed by atoms with Gasteiger partial charge in [-0.2, -0.15) is 0 Å². The number of amides is 2. The van der Waals surface area contributed by atoms with E-state index in [0.717, 1.165) is 49.8 Å². The van der Waals surface area contributed by atoms with Gasteiger partial charge in [0, 0.05) is 23.2 Å². The summed E-state index contributed by atoms with van der Waals surface area (Å²) < 4.78 is 0. The molecule has 0 aliphatic heterocycles. The Morgan fingerprint density at radius 2 is 1.81 bits per heavy atom. The van der Waals surface area contributed by atoms with Crippen LogP contribution in [0.5, 0.6) is 0 Å². The first kappa shape index (κ1) is 21.8. The van der Waals surface area contributed by atoms with Crippen molar-refractivity contribution in [1.29, 1.82) is 0 Å². The van der Waals surface area contributed by atoms with E-state index < -0.39 is 5.54 Å². The topological polar surface area (TPSA) is 82.3 Å². The highest BCUT2D eigenvalue weighted by Gasteiger charge is 2.47. The maximum atomic E-state index is 13.8. The fourth-order valence-electron chi connectivity index (χ4n) is 5.00. The van der Waals surface area contributed by atoms with Crippen LogP contribution < -0.4 is 10.9 Å². The minimum absolute atomic E-state index is 0.00608. The number of aromatic nitrogens is 1. The van der Waals surface area contributed by atoms with Crippen LogP contribution in [-0.2, 0) is 11.3 Å². The fraction of sp³-hybridized carbons (Fsp3) is 0.542. The normalized spacial score (nSPS) is 19.0. The van der Waals surface area contributed by atoms with Gasteiger partial charge >= 0.3 is 0 Å². The summed E-state index contributed by atoms with van der Waals surface area (Å²) in [5.41, 5.74) is -0.692. The molecular weight excluding hydrogens is 410 g/mol. The van der Waals surface area contributed by atoms with Crippen molar-refractivity contribution in [2.75, 3.05) is 0 Å². The molecule has 2 N–H and O–H groups in total. The lowest BCUT2D eigenvalue weighted by Gasteiger charge is -2.45. The van der Waals surface area contributed by atoms with Crippen molar-refractivity contribution in [3.63, 3.8) is 0 Å². The van der Waals surface area contributed by atoms with Crippen LogP contribution in [0.2, 0.25) is 0 Å². The zero-order chi connectivity index (χ0) is 21.7. The zero-order valence-electron chi connectivity index (χ0n) is 17.9. The number of carbonyl (C=O) groups excluding carboxylic acids is 2. The van der Waals surface area contributed by atoms with Crippen molar-refractivity contribution in [1.82, 2.24) is 15.2 Å².